The van der Waals surface area contributed by atoms with E-state index in [1.54, 1.807) is 6.92 Å². The Morgan fingerprint density at radius 2 is 2.05 bits per heavy atom. The molecule has 1 aromatic heterocycles. The van der Waals surface area contributed by atoms with Crippen molar-refractivity contribution in [1.82, 2.24) is 0 Å². The molecule has 2 rings (SSSR count). The first-order valence-electron chi connectivity index (χ1n) is 6.39. The number of thioether (sulfide) groups is 1. The fourth-order valence-corrected chi connectivity index (χ4v) is 2.89. The Kier molecular flexibility index (Phi) is 4.32. The first-order chi connectivity index (χ1) is 9.08. The second-order valence-corrected chi connectivity index (χ2v) is 5.79. The van der Waals surface area contributed by atoms with Crippen LogP contribution in [-0.2, 0) is 6.42 Å². The van der Waals surface area contributed by atoms with Gasteiger partial charge in [0.15, 0.2) is 10.5 Å². The van der Waals surface area contributed by atoms with E-state index in [9.17, 15) is 4.79 Å². The molecule has 2 aromatic rings. The highest BCUT2D eigenvalue weighted by Gasteiger charge is 2.14. The topological polar surface area (TPSA) is 50.4 Å². The zero-order valence-electron chi connectivity index (χ0n) is 11.4. The molecule has 102 valence electrons. The highest BCUT2D eigenvalue weighted by atomic mass is 32.2. The van der Waals surface area contributed by atoms with Gasteiger partial charge in [0.25, 0.3) is 0 Å². The fourth-order valence-electron chi connectivity index (χ4n) is 2.18. The molecule has 3 nitrogen and oxygen atoms in total. The SMILES string of the molecule is CCSc1oc2c(CCO)cc(C)cc2c(=O)c1C. The van der Waals surface area contributed by atoms with Gasteiger partial charge in [-0.3, -0.25) is 4.79 Å². The van der Waals surface area contributed by atoms with Crippen molar-refractivity contribution in [2.75, 3.05) is 12.4 Å². The van der Waals surface area contributed by atoms with Gasteiger partial charge in [-0.25, -0.2) is 0 Å². The van der Waals surface area contributed by atoms with Gasteiger partial charge in [-0.05, 0) is 43.2 Å². The maximum Gasteiger partial charge on any atom is 0.196 e. The molecule has 0 spiro atoms. The van der Waals surface area contributed by atoms with E-state index in [-0.39, 0.29) is 12.0 Å². The van der Waals surface area contributed by atoms with Gasteiger partial charge in [0.05, 0.1) is 5.39 Å². The molecule has 1 aromatic carbocycles. The van der Waals surface area contributed by atoms with Gasteiger partial charge in [0.2, 0.25) is 0 Å². The predicted octanol–water partition coefficient (Wildman–Crippen LogP) is 3.06. The summed E-state index contributed by atoms with van der Waals surface area (Å²) in [6, 6.07) is 3.83. The summed E-state index contributed by atoms with van der Waals surface area (Å²) >= 11 is 1.53. The normalized spacial score (nSPS) is 11.2. The zero-order chi connectivity index (χ0) is 14.0. The van der Waals surface area contributed by atoms with Crippen molar-refractivity contribution in [2.45, 2.75) is 32.3 Å². The number of hydrogen-bond acceptors (Lipinski definition) is 4. The Morgan fingerprint density at radius 3 is 2.68 bits per heavy atom. The highest BCUT2D eigenvalue weighted by Crippen LogP contribution is 2.27. The zero-order valence-corrected chi connectivity index (χ0v) is 12.3. The molecule has 0 fully saturated rings. The fraction of sp³-hybridized carbons (Fsp3) is 0.400. The third kappa shape index (κ3) is 2.69. The molecule has 1 heterocycles. The summed E-state index contributed by atoms with van der Waals surface area (Å²) in [5, 5.41) is 10.4. The van der Waals surface area contributed by atoms with Crippen LogP contribution in [0.3, 0.4) is 0 Å². The van der Waals surface area contributed by atoms with Gasteiger partial charge in [-0.15, -0.1) is 0 Å². The van der Waals surface area contributed by atoms with Gasteiger partial charge in [-0.1, -0.05) is 24.8 Å². The van der Waals surface area contributed by atoms with Gasteiger partial charge < -0.3 is 9.52 Å². The van der Waals surface area contributed by atoms with Crippen molar-refractivity contribution in [3.8, 4) is 0 Å². The average molecular weight is 278 g/mol. The van der Waals surface area contributed by atoms with Gasteiger partial charge in [0.1, 0.15) is 5.58 Å². The second-order valence-electron chi connectivity index (χ2n) is 4.55. The van der Waals surface area contributed by atoms with Crippen molar-refractivity contribution >= 4 is 22.7 Å². The van der Waals surface area contributed by atoms with E-state index >= 15 is 0 Å². The second kappa shape index (κ2) is 5.80. The van der Waals surface area contributed by atoms with Crippen molar-refractivity contribution in [3.05, 3.63) is 39.0 Å². The van der Waals surface area contributed by atoms with Crippen molar-refractivity contribution in [1.29, 1.82) is 0 Å². The Bertz CT molecular complexity index is 658. The summed E-state index contributed by atoms with van der Waals surface area (Å²) in [6.45, 7) is 5.82. The molecule has 0 radical (unpaired) electrons. The van der Waals surface area contributed by atoms with Crippen LogP contribution in [0.25, 0.3) is 11.0 Å². The van der Waals surface area contributed by atoms with Crippen molar-refractivity contribution in [2.24, 2.45) is 0 Å². The third-order valence-electron chi connectivity index (χ3n) is 3.05. The smallest absolute Gasteiger partial charge is 0.196 e. The van der Waals surface area contributed by atoms with Gasteiger partial charge in [-0.2, -0.15) is 0 Å². The van der Waals surface area contributed by atoms with Crippen LogP contribution in [-0.4, -0.2) is 17.5 Å². The van der Waals surface area contributed by atoms with Crippen LogP contribution >= 0.6 is 11.8 Å². The van der Waals surface area contributed by atoms with E-state index in [4.69, 9.17) is 9.52 Å². The van der Waals surface area contributed by atoms with Crippen molar-refractivity contribution < 1.29 is 9.52 Å². The molecule has 0 atom stereocenters. The molecule has 0 amide bonds. The first-order valence-corrected chi connectivity index (χ1v) is 7.37. The van der Waals surface area contributed by atoms with E-state index in [0.29, 0.717) is 28.0 Å². The van der Waals surface area contributed by atoms with E-state index in [0.717, 1.165) is 16.9 Å². The molecule has 0 bridgehead atoms. The maximum absolute atomic E-state index is 12.4. The predicted molar refractivity (Wildman–Crippen MR) is 79.1 cm³/mol. The number of rotatable bonds is 4. The van der Waals surface area contributed by atoms with Crippen LogP contribution in [0.15, 0.2) is 26.4 Å². The van der Waals surface area contributed by atoms with E-state index < -0.39 is 0 Å². The highest BCUT2D eigenvalue weighted by molar-refractivity contribution is 7.99. The standard InChI is InChI=1S/C15H18O3S/c1-4-19-15-10(3)13(17)12-8-9(2)7-11(5-6-16)14(12)18-15/h7-8,16H,4-6H2,1-3H3. The van der Waals surface area contributed by atoms with Gasteiger partial charge >= 0.3 is 0 Å². The van der Waals surface area contributed by atoms with Crippen LogP contribution in [0, 0.1) is 13.8 Å². The molecular weight excluding hydrogens is 260 g/mol. The lowest BCUT2D eigenvalue weighted by Gasteiger charge is -2.10. The monoisotopic (exact) mass is 278 g/mol. The summed E-state index contributed by atoms with van der Waals surface area (Å²) in [5.74, 6) is 0.858. The molecule has 19 heavy (non-hydrogen) atoms. The molecule has 4 heteroatoms. The maximum atomic E-state index is 12.4. The summed E-state index contributed by atoms with van der Waals surface area (Å²) in [4.78, 5) is 12.4. The third-order valence-corrected chi connectivity index (χ3v) is 3.99. The Hall–Kier alpha value is -1.26. The minimum absolute atomic E-state index is 0.0279. The quantitative estimate of drug-likeness (QED) is 0.873. The molecule has 1 N–H and O–H groups in total. The number of aliphatic hydroxyl groups is 1. The Morgan fingerprint density at radius 1 is 1.32 bits per heavy atom. The largest absolute Gasteiger partial charge is 0.449 e. The molecule has 0 aliphatic heterocycles. The number of fused-ring (bicyclic) bond motifs is 1. The van der Waals surface area contributed by atoms with E-state index in [2.05, 4.69) is 0 Å². The van der Waals surface area contributed by atoms with E-state index in [1.165, 1.54) is 11.8 Å². The Labute approximate surface area is 116 Å². The summed E-state index contributed by atoms with van der Waals surface area (Å²) < 4.78 is 5.90. The minimum Gasteiger partial charge on any atom is -0.449 e. The van der Waals surface area contributed by atoms with Gasteiger partial charge in [0, 0.05) is 12.2 Å². The summed E-state index contributed by atoms with van der Waals surface area (Å²) in [5.41, 5.74) is 3.22. The minimum atomic E-state index is 0.0279. The van der Waals surface area contributed by atoms with Crippen LogP contribution in [0.4, 0.5) is 0 Å². The Balaban J connectivity index is 2.80. The molecular formula is C15H18O3S. The lowest BCUT2D eigenvalue weighted by atomic mass is 10.0. The lowest BCUT2D eigenvalue weighted by molar-refractivity contribution is 0.299. The first kappa shape index (κ1) is 14.2. The average Bonchev–Trinajstić information content (AvgIpc) is 2.37. The lowest BCUT2D eigenvalue weighted by Crippen LogP contribution is -2.09. The number of aryl methyl sites for hydroxylation is 1. The van der Waals surface area contributed by atoms with Crippen LogP contribution in [0.2, 0.25) is 0 Å². The molecule has 0 saturated heterocycles. The summed E-state index contributed by atoms with van der Waals surface area (Å²) in [6.07, 6.45) is 0.500. The van der Waals surface area contributed by atoms with Crippen molar-refractivity contribution in [3.63, 3.8) is 0 Å². The molecule has 0 aliphatic rings. The number of benzene rings is 1. The van der Waals surface area contributed by atoms with Crippen LogP contribution < -0.4 is 5.43 Å². The van der Waals surface area contributed by atoms with Crippen LogP contribution in [0.5, 0.6) is 0 Å². The molecule has 0 saturated carbocycles. The van der Waals surface area contributed by atoms with E-state index in [1.807, 2.05) is 26.0 Å². The number of hydrogen-bond donors (Lipinski definition) is 1. The van der Waals surface area contributed by atoms with Crippen LogP contribution in [0.1, 0.15) is 23.6 Å². The molecule has 0 unspecified atom stereocenters. The summed E-state index contributed by atoms with van der Waals surface area (Å²) in [7, 11) is 0. The number of aliphatic hydroxyl groups excluding tert-OH is 1. The molecule has 0 aliphatic carbocycles.